The third kappa shape index (κ3) is 3.42. The molecule has 2 rings (SSSR count). The van der Waals surface area contributed by atoms with Crippen molar-refractivity contribution in [1.82, 2.24) is 9.55 Å². The predicted octanol–water partition coefficient (Wildman–Crippen LogP) is 3.44. The molecule has 0 saturated carbocycles. The molecule has 0 aliphatic rings. The molecule has 0 saturated heterocycles. The maximum atomic E-state index is 13.1. The quantitative estimate of drug-likeness (QED) is 0.915. The Hall–Kier alpha value is -1.20. The molecule has 1 unspecified atom stereocenters. The Bertz CT molecular complexity index is 553. The predicted molar refractivity (Wildman–Crippen MR) is 77.3 cm³/mol. The highest BCUT2D eigenvalue weighted by Crippen LogP contribution is 2.25. The van der Waals surface area contributed by atoms with Crippen LogP contribution >= 0.6 is 15.9 Å². The zero-order valence-corrected chi connectivity index (χ0v) is 12.4. The number of hydrogen-bond donors (Lipinski definition) is 1. The second-order valence-electron chi connectivity index (χ2n) is 4.51. The molecule has 0 aliphatic carbocycles. The molecule has 102 valence electrons. The molecular formula is C14H17BrFN3. The maximum absolute atomic E-state index is 13.1. The van der Waals surface area contributed by atoms with E-state index in [-0.39, 0.29) is 11.9 Å². The van der Waals surface area contributed by atoms with Crippen molar-refractivity contribution < 1.29 is 4.39 Å². The van der Waals surface area contributed by atoms with Gasteiger partial charge in [0.25, 0.3) is 0 Å². The van der Waals surface area contributed by atoms with Gasteiger partial charge >= 0.3 is 0 Å². The smallest absolute Gasteiger partial charge is 0.124 e. The SMILES string of the molecule is CCCn1ccnc1CC(N)c1ccc(F)cc1Br. The summed E-state index contributed by atoms with van der Waals surface area (Å²) in [6.45, 7) is 3.06. The van der Waals surface area contributed by atoms with Crippen molar-refractivity contribution in [3.05, 3.63) is 52.3 Å². The molecule has 0 radical (unpaired) electrons. The molecule has 0 amide bonds. The largest absolute Gasteiger partial charge is 0.335 e. The van der Waals surface area contributed by atoms with E-state index in [1.54, 1.807) is 12.3 Å². The van der Waals surface area contributed by atoms with Crippen LogP contribution in [0, 0.1) is 5.82 Å². The summed E-state index contributed by atoms with van der Waals surface area (Å²) in [4.78, 5) is 4.34. The lowest BCUT2D eigenvalue weighted by Gasteiger charge is -2.15. The number of aryl methyl sites for hydroxylation is 1. The number of aromatic nitrogens is 2. The van der Waals surface area contributed by atoms with Crippen molar-refractivity contribution in [1.29, 1.82) is 0 Å². The molecule has 0 spiro atoms. The Morgan fingerprint density at radius 3 is 2.95 bits per heavy atom. The second kappa shape index (κ2) is 6.30. The second-order valence-corrected chi connectivity index (χ2v) is 5.37. The van der Waals surface area contributed by atoms with Crippen molar-refractivity contribution in [3.8, 4) is 0 Å². The van der Waals surface area contributed by atoms with E-state index in [9.17, 15) is 4.39 Å². The molecular weight excluding hydrogens is 309 g/mol. The summed E-state index contributed by atoms with van der Waals surface area (Å²) in [7, 11) is 0. The Kier molecular flexibility index (Phi) is 4.71. The van der Waals surface area contributed by atoms with Crippen molar-refractivity contribution in [2.75, 3.05) is 0 Å². The molecule has 2 aromatic rings. The Balaban J connectivity index is 2.16. The summed E-state index contributed by atoms with van der Waals surface area (Å²) in [6.07, 6.45) is 5.44. The lowest BCUT2D eigenvalue weighted by molar-refractivity contribution is 0.594. The number of imidazole rings is 1. The van der Waals surface area contributed by atoms with Gasteiger partial charge in [0.05, 0.1) is 0 Å². The van der Waals surface area contributed by atoms with Crippen LogP contribution in [0.15, 0.2) is 35.1 Å². The Labute approximate surface area is 120 Å². The van der Waals surface area contributed by atoms with Gasteiger partial charge in [0.15, 0.2) is 0 Å². The van der Waals surface area contributed by atoms with Gasteiger partial charge in [-0.1, -0.05) is 28.9 Å². The minimum atomic E-state index is -0.268. The van der Waals surface area contributed by atoms with Gasteiger partial charge in [-0.05, 0) is 24.1 Å². The third-order valence-corrected chi connectivity index (χ3v) is 3.72. The van der Waals surface area contributed by atoms with Gasteiger partial charge < -0.3 is 10.3 Å². The van der Waals surface area contributed by atoms with E-state index in [0.717, 1.165) is 24.4 Å². The average molecular weight is 326 g/mol. The van der Waals surface area contributed by atoms with Crippen LogP contribution in [0.3, 0.4) is 0 Å². The zero-order valence-electron chi connectivity index (χ0n) is 10.8. The maximum Gasteiger partial charge on any atom is 0.124 e. The first-order valence-electron chi connectivity index (χ1n) is 6.32. The molecule has 0 bridgehead atoms. The highest BCUT2D eigenvalue weighted by Gasteiger charge is 2.14. The lowest BCUT2D eigenvalue weighted by atomic mass is 10.0. The number of nitrogens with two attached hydrogens (primary N) is 1. The first-order chi connectivity index (χ1) is 9.11. The normalized spacial score (nSPS) is 12.6. The fourth-order valence-corrected chi connectivity index (χ4v) is 2.73. The molecule has 1 aromatic carbocycles. The molecule has 1 aromatic heterocycles. The molecule has 2 N–H and O–H groups in total. The van der Waals surface area contributed by atoms with Gasteiger partial charge in [-0.2, -0.15) is 0 Å². The van der Waals surface area contributed by atoms with Gasteiger partial charge in [-0.3, -0.25) is 0 Å². The van der Waals surface area contributed by atoms with E-state index in [2.05, 4.69) is 32.4 Å². The lowest BCUT2D eigenvalue weighted by Crippen LogP contribution is -2.17. The molecule has 1 heterocycles. The van der Waals surface area contributed by atoms with Crippen molar-refractivity contribution in [3.63, 3.8) is 0 Å². The van der Waals surface area contributed by atoms with Crippen LogP contribution in [0.2, 0.25) is 0 Å². The standard InChI is InChI=1S/C14H17BrFN3/c1-2-6-19-7-5-18-14(19)9-13(17)11-4-3-10(16)8-12(11)15/h3-5,7-8,13H,2,6,9,17H2,1H3. The van der Waals surface area contributed by atoms with E-state index in [0.29, 0.717) is 10.9 Å². The summed E-state index contributed by atoms with van der Waals surface area (Å²) in [5, 5.41) is 0. The first-order valence-corrected chi connectivity index (χ1v) is 7.11. The number of rotatable bonds is 5. The molecule has 0 aliphatic heterocycles. The van der Waals surface area contributed by atoms with Crippen molar-refractivity contribution in [2.24, 2.45) is 5.73 Å². The zero-order chi connectivity index (χ0) is 13.8. The summed E-state index contributed by atoms with van der Waals surface area (Å²) in [5.41, 5.74) is 7.09. The van der Waals surface area contributed by atoms with Crippen molar-refractivity contribution >= 4 is 15.9 Å². The fraction of sp³-hybridized carbons (Fsp3) is 0.357. The van der Waals surface area contributed by atoms with Gasteiger partial charge in [-0.25, -0.2) is 9.37 Å². The molecule has 1 atom stereocenters. The number of halogens is 2. The minimum absolute atomic E-state index is 0.201. The van der Waals surface area contributed by atoms with Crippen molar-refractivity contribution in [2.45, 2.75) is 32.4 Å². The van der Waals surface area contributed by atoms with Gasteiger partial charge in [0.1, 0.15) is 11.6 Å². The number of nitrogens with zero attached hydrogens (tertiary/aromatic N) is 2. The summed E-state index contributed by atoms with van der Waals surface area (Å²) < 4.78 is 15.9. The van der Waals surface area contributed by atoms with E-state index >= 15 is 0 Å². The average Bonchev–Trinajstić information content (AvgIpc) is 2.77. The Morgan fingerprint density at radius 2 is 2.26 bits per heavy atom. The first kappa shape index (κ1) is 14.2. The van der Waals surface area contributed by atoms with Gasteiger partial charge in [0, 0.05) is 35.9 Å². The fourth-order valence-electron chi connectivity index (χ4n) is 2.08. The van der Waals surface area contributed by atoms with Gasteiger partial charge in [-0.15, -0.1) is 0 Å². The number of benzene rings is 1. The highest BCUT2D eigenvalue weighted by molar-refractivity contribution is 9.10. The van der Waals surface area contributed by atoms with Crippen LogP contribution < -0.4 is 5.73 Å². The van der Waals surface area contributed by atoms with Crippen LogP contribution in [0.4, 0.5) is 4.39 Å². The monoisotopic (exact) mass is 325 g/mol. The van der Waals surface area contributed by atoms with Crippen LogP contribution in [-0.2, 0) is 13.0 Å². The molecule has 5 heteroatoms. The summed E-state index contributed by atoms with van der Waals surface area (Å²) in [6, 6.07) is 4.39. The van der Waals surface area contributed by atoms with Crippen LogP contribution in [-0.4, -0.2) is 9.55 Å². The third-order valence-electron chi connectivity index (χ3n) is 3.03. The van der Waals surface area contributed by atoms with Crippen LogP contribution in [0.1, 0.15) is 30.8 Å². The minimum Gasteiger partial charge on any atom is -0.335 e. The van der Waals surface area contributed by atoms with E-state index in [4.69, 9.17) is 5.73 Å². The van der Waals surface area contributed by atoms with E-state index < -0.39 is 0 Å². The molecule has 0 fully saturated rings. The van der Waals surface area contributed by atoms with E-state index in [1.165, 1.54) is 12.1 Å². The highest BCUT2D eigenvalue weighted by atomic mass is 79.9. The van der Waals surface area contributed by atoms with Crippen LogP contribution in [0.25, 0.3) is 0 Å². The molecule has 19 heavy (non-hydrogen) atoms. The van der Waals surface area contributed by atoms with Crippen LogP contribution in [0.5, 0.6) is 0 Å². The topological polar surface area (TPSA) is 43.8 Å². The Morgan fingerprint density at radius 1 is 1.47 bits per heavy atom. The van der Waals surface area contributed by atoms with Gasteiger partial charge in [0.2, 0.25) is 0 Å². The summed E-state index contributed by atoms with van der Waals surface area (Å²) in [5.74, 6) is 0.695. The number of hydrogen-bond acceptors (Lipinski definition) is 2. The van der Waals surface area contributed by atoms with E-state index in [1.807, 2.05) is 6.20 Å². The summed E-state index contributed by atoms with van der Waals surface area (Å²) >= 11 is 3.35. The molecule has 3 nitrogen and oxygen atoms in total.